The van der Waals surface area contributed by atoms with Crippen molar-refractivity contribution < 1.29 is 9.53 Å². The molecule has 1 amide bonds. The zero-order valence-electron chi connectivity index (χ0n) is 13.4. The lowest BCUT2D eigenvalue weighted by Crippen LogP contribution is -2.52. The molecule has 0 unspecified atom stereocenters. The smallest absolute Gasteiger partial charge is 0.252 e. The van der Waals surface area contributed by atoms with Crippen molar-refractivity contribution in [3.8, 4) is 0 Å². The zero-order valence-corrected chi connectivity index (χ0v) is 15.0. The molecule has 0 aromatic heterocycles. The summed E-state index contributed by atoms with van der Waals surface area (Å²) in [5, 5.41) is 2.98. The molecule has 4 fully saturated rings. The monoisotopic (exact) mass is 377 g/mol. The summed E-state index contributed by atoms with van der Waals surface area (Å²) >= 11 is 3.42. The Kier molecular flexibility index (Phi) is 4.22. The molecule has 4 bridgehead atoms. The van der Waals surface area contributed by atoms with E-state index in [4.69, 9.17) is 4.74 Å². The van der Waals surface area contributed by atoms with Crippen LogP contribution in [-0.4, -0.2) is 24.7 Å². The molecule has 4 heteroatoms. The molecule has 4 saturated carbocycles. The number of ether oxygens (including phenoxy) is 1. The SMILES string of the molecule is O=C(NCCOC12CC3CC(CC(C3)C1)C2)c1ccccc1Br. The Balaban J connectivity index is 1.28. The fourth-order valence-electron chi connectivity index (χ4n) is 5.38. The molecule has 23 heavy (non-hydrogen) atoms. The summed E-state index contributed by atoms with van der Waals surface area (Å²) in [5.74, 6) is 2.66. The third-order valence-electron chi connectivity index (χ3n) is 5.90. The van der Waals surface area contributed by atoms with Crippen molar-refractivity contribution in [3.05, 3.63) is 34.3 Å². The second kappa shape index (κ2) is 6.21. The average molecular weight is 378 g/mol. The molecule has 3 nitrogen and oxygen atoms in total. The maximum Gasteiger partial charge on any atom is 0.252 e. The van der Waals surface area contributed by atoms with Gasteiger partial charge in [-0.3, -0.25) is 4.79 Å². The van der Waals surface area contributed by atoms with Crippen molar-refractivity contribution >= 4 is 21.8 Å². The van der Waals surface area contributed by atoms with Crippen LogP contribution < -0.4 is 5.32 Å². The molecule has 0 atom stereocenters. The quantitative estimate of drug-likeness (QED) is 0.782. The number of carbonyl (C=O) groups excluding carboxylic acids is 1. The highest BCUT2D eigenvalue weighted by molar-refractivity contribution is 9.10. The maximum atomic E-state index is 12.2. The van der Waals surface area contributed by atoms with Gasteiger partial charge in [0.15, 0.2) is 0 Å². The molecule has 1 aromatic carbocycles. The highest BCUT2D eigenvalue weighted by Crippen LogP contribution is 2.57. The predicted molar refractivity (Wildman–Crippen MR) is 93.3 cm³/mol. The van der Waals surface area contributed by atoms with Gasteiger partial charge in [0.05, 0.1) is 17.8 Å². The number of hydrogen-bond donors (Lipinski definition) is 1. The standard InChI is InChI=1S/C19H24BrNO2/c20-17-4-2-1-3-16(17)18(22)21-5-6-23-19-10-13-7-14(11-19)9-15(8-13)12-19/h1-4,13-15H,5-12H2,(H,21,22). The van der Waals surface area contributed by atoms with E-state index in [0.29, 0.717) is 18.7 Å². The molecule has 0 radical (unpaired) electrons. The van der Waals surface area contributed by atoms with E-state index in [0.717, 1.165) is 22.2 Å². The van der Waals surface area contributed by atoms with E-state index in [9.17, 15) is 4.79 Å². The second-order valence-electron chi connectivity index (χ2n) is 7.68. The molecule has 1 aromatic rings. The lowest BCUT2D eigenvalue weighted by Gasteiger charge is -2.56. The summed E-state index contributed by atoms with van der Waals surface area (Å²) in [5.41, 5.74) is 0.814. The summed E-state index contributed by atoms with van der Waals surface area (Å²) in [6.45, 7) is 1.21. The molecular formula is C19H24BrNO2. The van der Waals surface area contributed by atoms with Crippen LogP contribution in [0.5, 0.6) is 0 Å². The number of nitrogens with one attached hydrogen (secondary N) is 1. The number of hydrogen-bond acceptors (Lipinski definition) is 2. The summed E-state index contributed by atoms with van der Waals surface area (Å²) in [6, 6.07) is 7.52. The van der Waals surface area contributed by atoms with Gasteiger partial charge in [0.1, 0.15) is 0 Å². The fourth-order valence-corrected chi connectivity index (χ4v) is 5.85. The highest BCUT2D eigenvalue weighted by atomic mass is 79.9. The van der Waals surface area contributed by atoms with Gasteiger partial charge in [0, 0.05) is 11.0 Å². The molecule has 0 aliphatic heterocycles. The van der Waals surface area contributed by atoms with Crippen molar-refractivity contribution in [2.45, 2.75) is 44.1 Å². The van der Waals surface area contributed by atoms with Crippen LogP contribution in [0.15, 0.2) is 28.7 Å². The Bertz CT molecular complexity index is 566. The van der Waals surface area contributed by atoms with E-state index < -0.39 is 0 Å². The van der Waals surface area contributed by atoms with Crippen molar-refractivity contribution in [2.75, 3.05) is 13.2 Å². The topological polar surface area (TPSA) is 38.3 Å². The summed E-state index contributed by atoms with van der Waals surface area (Å²) in [7, 11) is 0. The molecule has 4 aliphatic rings. The molecule has 0 heterocycles. The summed E-state index contributed by atoms with van der Waals surface area (Å²) < 4.78 is 7.17. The van der Waals surface area contributed by atoms with Gasteiger partial charge in [-0.25, -0.2) is 0 Å². The molecule has 1 N–H and O–H groups in total. The normalized spacial score (nSPS) is 34.6. The first-order chi connectivity index (χ1) is 11.1. The Morgan fingerprint density at radius 1 is 1.13 bits per heavy atom. The van der Waals surface area contributed by atoms with Crippen LogP contribution in [0.2, 0.25) is 0 Å². The molecule has 0 saturated heterocycles. The van der Waals surface area contributed by atoms with E-state index >= 15 is 0 Å². The van der Waals surface area contributed by atoms with E-state index in [2.05, 4.69) is 21.2 Å². The third kappa shape index (κ3) is 3.20. The van der Waals surface area contributed by atoms with Gasteiger partial charge in [0.2, 0.25) is 0 Å². The lowest BCUT2D eigenvalue weighted by atomic mass is 9.54. The molecule has 4 aliphatic carbocycles. The van der Waals surface area contributed by atoms with Gasteiger partial charge in [-0.05, 0) is 84.3 Å². The first-order valence-corrected chi connectivity index (χ1v) is 9.59. The number of carbonyl (C=O) groups is 1. The molecule has 0 spiro atoms. The highest BCUT2D eigenvalue weighted by Gasteiger charge is 2.51. The van der Waals surface area contributed by atoms with Crippen LogP contribution in [0.1, 0.15) is 48.9 Å². The number of halogens is 1. The first kappa shape index (κ1) is 15.6. The van der Waals surface area contributed by atoms with Crippen molar-refractivity contribution in [3.63, 3.8) is 0 Å². The second-order valence-corrected chi connectivity index (χ2v) is 8.54. The predicted octanol–water partition coefficient (Wildman–Crippen LogP) is 4.16. The maximum absolute atomic E-state index is 12.2. The van der Waals surface area contributed by atoms with Crippen LogP contribution in [0.3, 0.4) is 0 Å². The van der Waals surface area contributed by atoms with Crippen LogP contribution in [0, 0.1) is 17.8 Å². The average Bonchev–Trinajstić information content (AvgIpc) is 2.50. The Hall–Kier alpha value is -0.870. The molecule has 5 rings (SSSR count). The van der Waals surface area contributed by atoms with Crippen LogP contribution in [0.25, 0.3) is 0 Å². The number of rotatable bonds is 5. The van der Waals surface area contributed by atoms with Crippen molar-refractivity contribution in [1.29, 1.82) is 0 Å². The third-order valence-corrected chi connectivity index (χ3v) is 6.59. The summed E-state index contributed by atoms with van der Waals surface area (Å²) in [4.78, 5) is 12.2. The first-order valence-electron chi connectivity index (χ1n) is 8.80. The van der Waals surface area contributed by atoms with Gasteiger partial charge in [-0.15, -0.1) is 0 Å². The van der Waals surface area contributed by atoms with Crippen molar-refractivity contribution in [1.82, 2.24) is 5.32 Å². The summed E-state index contributed by atoms with van der Waals surface area (Å²) in [6.07, 6.45) is 8.04. The zero-order chi connectivity index (χ0) is 15.9. The number of amides is 1. The van der Waals surface area contributed by atoms with Gasteiger partial charge in [-0.1, -0.05) is 12.1 Å². The van der Waals surface area contributed by atoms with Crippen LogP contribution in [0.4, 0.5) is 0 Å². The van der Waals surface area contributed by atoms with E-state index in [1.54, 1.807) is 0 Å². The van der Waals surface area contributed by atoms with Crippen LogP contribution >= 0.6 is 15.9 Å². The van der Waals surface area contributed by atoms with Gasteiger partial charge < -0.3 is 10.1 Å². The minimum absolute atomic E-state index is 0.0356. The van der Waals surface area contributed by atoms with Crippen molar-refractivity contribution in [2.24, 2.45) is 17.8 Å². The minimum atomic E-state index is -0.0356. The number of benzene rings is 1. The van der Waals surface area contributed by atoms with Gasteiger partial charge >= 0.3 is 0 Å². The minimum Gasteiger partial charge on any atom is -0.373 e. The van der Waals surface area contributed by atoms with E-state index in [-0.39, 0.29) is 11.5 Å². The van der Waals surface area contributed by atoms with Crippen LogP contribution in [-0.2, 0) is 4.74 Å². The molecule has 124 valence electrons. The fraction of sp³-hybridized carbons (Fsp3) is 0.632. The van der Waals surface area contributed by atoms with E-state index in [1.165, 1.54) is 38.5 Å². The Morgan fingerprint density at radius 2 is 1.74 bits per heavy atom. The van der Waals surface area contributed by atoms with E-state index in [1.807, 2.05) is 24.3 Å². The van der Waals surface area contributed by atoms with Gasteiger partial charge in [0.25, 0.3) is 5.91 Å². The lowest BCUT2D eigenvalue weighted by molar-refractivity contribution is -0.160. The van der Waals surface area contributed by atoms with Gasteiger partial charge in [-0.2, -0.15) is 0 Å². The largest absolute Gasteiger partial charge is 0.373 e. The molecular weight excluding hydrogens is 354 g/mol. The Labute approximate surface area is 146 Å². The Morgan fingerprint density at radius 3 is 2.35 bits per heavy atom.